The van der Waals surface area contributed by atoms with Crippen LogP contribution in [0.25, 0.3) is 76.5 Å². The molecule has 0 N–H and O–H groups in total. The SMILES string of the molecule is O=P(c1ccccc1)(c1ccccc1)c1cccc(-c2cc3nc(-c4ccccc4)c4c5ccccc5c5ccccc5c4c3c3ccccc23)n1. The number of nitrogens with zero attached hydrogens (tertiary/aromatic N) is 2. The van der Waals surface area contributed by atoms with E-state index in [2.05, 4.69) is 103 Å². The summed E-state index contributed by atoms with van der Waals surface area (Å²) in [6.45, 7) is 0. The van der Waals surface area contributed by atoms with Crippen molar-refractivity contribution in [2.24, 2.45) is 0 Å². The van der Waals surface area contributed by atoms with Crippen molar-refractivity contribution in [3.8, 4) is 22.5 Å². The van der Waals surface area contributed by atoms with Gasteiger partial charge in [-0.1, -0.05) is 170 Å². The van der Waals surface area contributed by atoms with Crippen molar-refractivity contribution in [2.75, 3.05) is 0 Å². The van der Waals surface area contributed by atoms with Crippen molar-refractivity contribution in [1.82, 2.24) is 9.97 Å². The zero-order valence-corrected chi connectivity index (χ0v) is 29.0. The van der Waals surface area contributed by atoms with Crippen molar-refractivity contribution in [3.63, 3.8) is 0 Å². The van der Waals surface area contributed by atoms with Gasteiger partial charge in [0.15, 0.2) is 7.14 Å². The van der Waals surface area contributed by atoms with Crippen LogP contribution in [0.15, 0.2) is 188 Å². The summed E-state index contributed by atoms with van der Waals surface area (Å²) in [5.74, 6) is 0. The fourth-order valence-corrected chi connectivity index (χ4v) is 10.5. The van der Waals surface area contributed by atoms with Crippen LogP contribution in [0.3, 0.4) is 0 Å². The van der Waals surface area contributed by atoms with E-state index in [1.54, 1.807) is 0 Å². The average Bonchev–Trinajstić information content (AvgIpc) is 3.23. The van der Waals surface area contributed by atoms with E-state index in [0.29, 0.717) is 5.44 Å². The molecule has 10 rings (SSSR count). The van der Waals surface area contributed by atoms with E-state index in [9.17, 15) is 0 Å². The van der Waals surface area contributed by atoms with Gasteiger partial charge in [-0.05, 0) is 50.5 Å². The van der Waals surface area contributed by atoms with E-state index in [0.717, 1.165) is 60.2 Å². The molecule has 0 saturated heterocycles. The van der Waals surface area contributed by atoms with E-state index < -0.39 is 7.14 Å². The van der Waals surface area contributed by atoms with Gasteiger partial charge in [0, 0.05) is 37.9 Å². The first-order valence-corrected chi connectivity index (χ1v) is 19.2. The lowest BCUT2D eigenvalue weighted by Crippen LogP contribution is -2.27. The Labute approximate surface area is 301 Å². The molecule has 0 atom stereocenters. The second-order valence-corrected chi connectivity index (χ2v) is 15.9. The number of benzene rings is 8. The van der Waals surface area contributed by atoms with E-state index in [-0.39, 0.29) is 0 Å². The molecule has 52 heavy (non-hydrogen) atoms. The first kappa shape index (κ1) is 30.4. The molecule has 244 valence electrons. The Kier molecular flexibility index (Phi) is 7.09. The number of hydrogen-bond donors (Lipinski definition) is 0. The molecule has 2 aromatic heterocycles. The Balaban J connectivity index is 1.33. The van der Waals surface area contributed by atoms with E-state index in [1.165, 1.54) is 26.9 Å². The van der Waals surface area contributed by atoms with Gasteiger partial charge >= 0.3 is 0 Å². The Hall–Kier alpha value is -6.41. The van der Waals surface area contributed by atoms with Crippen LogP contribution in [0.2, 0.25) is 0 Å². The highest BCUT2D eigenvalue weighted by atomic mass is 31.2. The van der Waals surface area contributed by atoms with E-state index >= 15 is 4.57 Å². The van der Waals surface area contributed by atoms with E-state index in [1.807, 2.05) is 84.9 Å². The number of rotatable bonds is 5. The Morgan fingerprint density at radius 3 is 1.46 bits per heavy atom. The Morgan fingerprint density at radius 1 is 0.385 bits per heavy atom. The quantitative estimate of drug-likeness (QED) is 0.134. The molecule has 0 fully saturated rings. The number of pyridine rings is 2. The Morgan fingerprint density at radius 2 is 0.865 bits per heavy atom. The minimum Gasteiger partial charge on any atom is -0.307 e. The average molecular weight is 683 g/mol. The van der Waals surface area contributed by atoms with Gasteiger partial charge in [0.2, 0.25) is 0 Å². The molecule has 0 aliphatic heterocycles. The lowest BCUT2D eigenvalue weighted by Gasteiger charge is -2.20. The van der Waals surface area contributed by atoms with Gasteiger partial charge in [0.1, 0.15) is 5.44 Å². The zero-order valence-electron chi connectivity index (χ0n) is 28.1. The van der Waals surface area contributed by atoms with Gasteiger partial charge in [-0.25, -0.2) is 9.97 Å². The smallest absolute Gasteiger partial charge is 0.188 e. The van der Waals surface area contributed by atoms with Crippen molar-refractivity contribution in [3.05, 3.63) is 188 Å². The van der Waals surface area contributed by atoms with Gasteiger partial charge < -0.3 is 4.57 Å². The third kappa shape index (κ3) is 4.64. The first-order valence-electron chi connectivity index (χ1n) is 17.5. The molecule has 4 heteroatoms. The number of aromatic nitrogens is 2. The summed E-state index contributed by atoms with van der Waals surface area (Å²) in [5, 5.41) is 12.0. The molecule has 0 saturated carbocycles. The van der Waals surface area contributed by atoms with Gasteiger partial charge in [0.25, 0.3) is 0 Å². The van der Waals surface area contributed by atoms with Gasteiger partial charge in [0.05, 0.1) is 16.9 Å². The molecule has 0 unspecified atom stereocenters. The first-order chi connectivity index (χ1) is 25.7. The highest BCUT2D eigenvalue weighted by Crippen LogP contribution is 2.47. The summed E-state index contributed by atoms with van der Waals surface area (Å²) in [6, 6.07) is 64.1. The summed E-state index contributed by atoms with van der Waals surface area (Å²) in [7, 11) is -3.29. The molecule has 3 nitrogen and oxygen atoms in total. The molecule has 0 aliphatic rings. The molecule has 0 radical (unpaired) electrons. The largest absolute Gasteiger partial charge is 0.307 e. The second kappa shape index (κ2) is 12.1. The van der Waals surface area contributed by atoms with Gasteiger partial charge in [-0.2, -0.15) is 0 Å². The maximum Gasteiger partial charge on any atom is 0.188 e. The van der Waals surface area contributed by atoms with Crippen LogP contribution in [0.1, 0.15) is 0 Å². The second-order valence-electron chi connectivity index (χ2n) is 13.2. The number of hydrogen-bond acceptors (Lipinski definition) is 3. The minimum absolute atomic E-state index is 0.556. The van der Waals surface area contributed by atoms with Crippen molar-refractivity contribution >= 4 is 77.2 Å². The summed E-state index contributed by atoms with van der Waals surface area (Å²) in [5.41, 5.74) is 5.17. The molecule has 0 spiro atoms. The zero-order chi connectivity index (χ0) is 34.6. The summed E-state index contributed by atoms with van der Waals surface area (Å²) >= 11 is 0. The maximum atomic E-state index is 15.4. The third-order valence-corrected chi connectivity index (χ3v) is 13.2. The van der Waals surface area contributed by atoms with Crippen molar-refractivity contribution < 1.29 is 4.57 Å². The molecule has 2 heterocycles. The normalized spacial score (nSPS) is 11.9. The van der Waals surface area contributed by atoms with E-state index in [4.69, 9.17) is 9.97 Å². The summed E-state index contributed by atoms with van der Waals surface area (Å²) in [4.78, 5) is 10.8. The van der Waals surface area contributed by atoms with Crippen LogP contribution in [-0.4, -0.2) is 9.97 Å². The number of fused-ring (bicyclic) bond motifs is 10. The lowest BCUT2D eigenvalue weighted by atomic mass is 9.87. The van der Waals surface area contributed by atoms with Crippen LogP contribution in [0.4, 0.5) is 0 Å². The highest BCUT2D eigenvalue weighted by Gasteiger charge is 2.31. The molecule has 10 aromatic rings. The maximum absolute atomic E-state index is 15.4. The monoisotopic (exact) mass is 682 g/mol. The third-order valence-electron chi connectivity index (χ3n) is 10.3. The molecule has 0 amide bonds. The Bertz CT molecular complexity index is 2990. The van der Waals surface area contributed by atoms with Gasteiger partial charge in [-0.15, -0.1) is 0 Å². The predicted octanol–water partition coefficient (Wildman–Crippen LogP) is 11.2. The van der Waals surface area contributed by atoms with Gasteiger partial charge in [-0.3, -0.25) is 0 Å². The van der Waals surface area contributed by atoms with Crippen LogP contribution < -0.4 is 16.0 Å². The minimum atomic E-state index is -3.29. The predicted molar refractivity (Wildman–Crippen MR) is 220 cm³/mol. The molecular weight excluding hydrogens is 652 g/mol. The lowest BCUT2D eigenvalue weighted by molar-refractivity contribution is 0.592. The molecular formula is C48H31N2OP. The standard InChI is InChI=1S/C48H31N2OP/c51-52(33-19-6-2-7-20-33,34-21-8-3-9-22-34)44-30-16-29-42(49-44)41-31-43-45(38-26-13-12-25-37(38)41)46-39-27-14-10-23-35(39)36-24-11-15-28-40(36)47(46)48(50-43)32-17-4-1-5-18-32/h1-31H. The molecule has 8 aromatic carbocycles. The fraction of sp³-hybridized carbons (Fsp3) is 0. The van der Waals surface area contributed by atoms with Crippen LogP contribution >= 0.6 is 7.14 Å². The fourth-order valence-electron chi connectivity index (χ4n) is 7.99. The summed E-state index contributed by atoms with van der Waals surface area (Å²) in [6.07, 6.45) is 0. The highest BCUT2D eigenvalue weighted by molar-refractivity contribution is 7.85. The topological polar surface area (TPSA) is 42.9 Å². The van der Waals surface area contributed by atoms with Crippen LogP contribution in [0.5, 0.6) is 0 Å². The van der Waals surface area contributed by atoms with Crippen LogP contribution in [-0.2, 0) is 4.57 Å². The summed E-state index contributed by atoms with van der Waals surface area (Å²) < 4.78 is 15.4. The molecule has 0 bridgehead atoms. The van der Waals surface area contributed by atoms with Crippen LogP contribution in [0, 0.1) is 0 Å². The molecule has 0 aliphatic carbocycles. The van der Waals surface area contributed by atoms with Crippen molar-refractivity contribution in [2.45, 2.75) is 0 Å². The van der Waals surface area contributed by atoms with Crippen molar-refractivity contribution in [1.29, 1.82) is 0 Å².